The number of likely N-dealkylation sites (N-methyl/N-ethyl adjacent to an activating group) is 1. The molecule has 3 rings (SSSR count). The summed E-state index contributed by atoms with van der Waals surface area (Å²) in [6, 6.07) is 9.30. The van der Waals surface area contributed by atoms with Crippen molar-refractivity contribution in [3.05, 3.63) is 46.2 Å². The number of carbonyl (C=O) groups excluding carboxylic acids is 1. The predicted octanol–water partition coefficient (Wildman–Crippen LogP) is 1.38. The van der Waals surface area contributed by atoms with Gasteiger partial charge in [0.1, 0.15) is 5.56 Å². The number of aromatic nitrogens is 1. The zero-order valence-corrected chi connectivity index (χ0v) is 12.6. The second kappa shape index (κ2) is 6.28. The fourth-order valence-electron chi connectivity index (χ4n) is 2.63. The highest BCUT2D eigenvalue weighted by Crippen LogP contribution is 2.13. The molecule has 0 radical (unpaired) electrons. The van der Waals surface area contributed by atoms with Crippen LogP contribution < -0.4 is 10.9 Å². The van der Waals surface area contributed by atoms with Crippen LogP contribution in [0, 0.1) is 0 Å². The fraction of sp³-hybridized carbons (Fsp3) is 0.333. The highest BCUT2D eigenvalue weighted by atomic mass is 35.5. The van der Waals surface area contributed by atoms with Gasteiger partial charge in [-0.15, -0.1) is 12.4 Å². The molecular weight excluding hydrogens is 290 g/mol. The number of para-hydroxylation sites is 1. The number of amides is 1. The van der Waals surface area contributed by atoms with E-state index in [1.54, 1.807) is 18.0 Å². The second-order valence-corrected chi connectivity index (χ2v) is 5.16. The van der Waals surface area contributed by atoms with Gasteiger partial charge in [-0.2, -0.15) is 0 Å². The molecule has 1 amide bonds. The number of pyridine rings is 1. The number of nitrogens with zero attached hydrogens (tertiary/aromatic N) is 1. The predicted molar refractivity (Wildman–Crippen MR) is 85.2 cm³/mol. The zero-order chi connectivity index (χ0) is 14.1. The lowest BCUT2D eigenvalue weighted by Crippen LogP contribution is -2.40. The number of nitrogens with one attached hydrogen (secondary N) is 2. The van der Waals surface area contributed by atoms with Gasteiger partial charge in [0.05, 0.1) is 0 Å². The zero-order valence-electron chi connectivity index (χ0n) is 11.8. The van der Waals surface area contributed by atoms with Crippen LogP contribution in [0.2, 0.25) is 0 Å². The Bertz CT molecular complexity index is 707. The largest absolute Gasteiger partial charge is 0.337 e. The monoisotopic (exact) mass is 307 g/mol. The highest BCUT2D eigenvalue weighted by Gasteiger charge is 2.25. The van der Waals surface area contributed by atoms with Gasteiger partial charge in [-0.25, -0.2) is 0 Å². The van der Waals surface area contributed by atoms with Gasteiger partial charge in [-0.05, 0) is 30.5 Å². The maximum absolute atomic E-state index is 12.5. The van der Waals surface area contributed by atoms with E-state index < -0.39 is 0 Å². The second-order valence-electron chi connectivity index (χ2n) is 5.16. The summed E-state index contributed by atoms with van der Waals surface area (Å²) in [6.07, 6.45) is 0.924. The number of carbonyl (C=O) groups is 1. The first kappa shape index (κ1) is 15.5. The Labute approximate surface area is 128 Å². The third-order valence-corrected chi connectivity index (χ3v) is 3.89. The van der Waals surface area contributed by atoms with Crippen LogP contribution in [0.25, 0.3) is 10.9 Å². The molecule has 1 aliphatic heterocycles. The first-order valence-electron chi connectivity index (χ1n) is 6.77. The van der Waals surface area contributed by atoms with E-state index in [0.717, 1.165) is 30.4 Å². The molecule has 112 valence electrons. The van der Waals surface area contributed by atoms with Gasteiger partial charge in [0, 0.05) is 25.2 Å². The van der Waals surface area contributed by atoms with E-state index in [2.05, 4.69) is 10.3 Å². The molecule has 6 heteroatoms. The lowest BCUT2D eigenvalue weighted by Gasteiger charge is -2.23. The van der Waals surface area contributed by atoms with E-state index >= 15 is 0 Å². The van der Waals surface area contributed by atoms with Crippen molar-refractivity contribution in [3.63, 3.8) is 0 Å². The molecule has 0 aliphatic carbocycles. The van der Waals surface area contributed by atoms with Crippen LogP contribution in [-0.2, 0) is 0 Å². The first-order chi connectivity index (χ1) is 9.66. The quantitative estimate of drug-likeness (QED) is 0.881. The molecule has 2 aromatic rings. The van der Waals surface area contributed by atoms with Gasteiger partial charge in [0.15, 0.2) is 0 Å². The first-order valence-corrected chi connectivity index (χ1v) is 6.77. The van der Waals surface area contributed by atoms with Gasteiger partial charge in [0.2, 0.25) is 0 Å². The molecule has 2 heterocycles. The molecule has 21 heavy (non-hydrogen) atoms. The Kier molecular flexibility index (Phi) is 4.65. The van der Waals surface area contributed by atoms with Crippen molar-refractivity contribution in [3.8, 4) is 0 Å². The fourth-order valence-corrected chi connectivity index (χ4v) is 2.63. The van der Waals surface area contributed by atoms with Crippen LogP contribution in [0.5, 0.6) is 0 Å². The van der Waals surface area contributed by atoms with Crippen LogP contribution in [0.4, 0.5) is 0 Å². The summed E-state index contributed by atoms with van der Waals surface area (Å²) in [6.45, 7) is 1.70. The Morgan fingerprint density at radius 2 is 2.10 bits per heavy atom. The van der Waals surface area contributed by atoms with Crippen molar-refractivity contribution in [2.75, 3.05) is 20.1 Å². The van der Waals surface area contributed by atoms with E-state index in [4.69, 9.17) is 0 Å². The minimum atomic E-state index is -0.327. The summed E-state index contributed by atoms with van der Waals surface area (Å²) < 4.78 is 0. The Morgan fingerprint density at radius 3 is 2.81 bits per heavy atom. The van der Waals surface area contributed by atoms with Crippen molar-refractivity contribution in [2.24, 2.45) is 0 Å². The molecule has 1 saturated heterocycles. The summed E-state index contributed by atoms with van der Waals surface area (Å²) in [5.74, 6) is -0.217. The number of aromatic amines is 1. The summed E-state index contributed by atoms with van der Waals surface area (Å²) >= 11 is 0. The van der Waals surface area contributed by atoms with E-state index in [0.29, 0.717) is 0 Å². The molecule has 1 fully saturated rings. The average Bonchev–Trinajstić information content (AvgIpc) is 2.99. The summed E-state index contributed by atoms with van der Waals surface area (Å²) in [5.41, 5.74) is 0.629. The lowest BCUT2D eigenvalue weighted by molar-refractivity contribution is 0.0742. The summed E-state index contributed by atoms with van der Waals surface area (Å²) in [5, 5.41) is 4.09. The van der Waals surface area contributed by atoms with E-state index in [1.807, 2.05) is 24.3 Å². The number of fused-ring (bicyclic) bond motifs is 1. The Hall–Kier alpha value is -1.85. The number of H-pyrrole nitrogens is 1. The van der Waals surface area contributed by atoms with Gasteiger partial charge in [-0.1, -0.05) is 18.2 Å². The molecule has 1 aromatic heterocycles. The Balaban J connectivity index is 0.00000161. The normalized spacial score (nSPS) is 17.5. The summed E-state index contributed by atoms with van der Waals surface area (Å²) in [4.78, 5) is 29.0. The maximum atomic E-state index is 12.5. The number of benzene rings is 1. The SMILES string of the molecule is CN(C(=O)c1cc2ccccc2[nH]c1=O)C1CCNC1.Cl. The molecule has 1 atom stereocenters. The van der Waals surface area contributed by atoms with Crippen LogP contribution in [0.15, 0.2) is 35.1 Å². The van der Waals surface area contributed by atoms with Crippen molar-refractivity contribution in [1.82, 2.24) is 15.2 Å². The van der Waals surface area contributed by atoms with E-state index in [-0.39, 0.29) is 35.5 Å². The molecule has 0 bridgehead atoms. The molecule has 1 aliphatic rings. The third kappa shape index (κ3) is 2.94. The van der Waals surface area contributed by atoms with Crippen LogP contribution in [0.1, 0.15) is 16.8 Å². The minimum Gasteiger partial charge on any atom is -0.337 e. The average molecular weight is 308 g/mol. The summed E-state index contributed by atoms with van der Waals surface area (Å²) in [7, 11) is 1.76. The molecule has 1 aromatic carbocycles. The lowest BCUT2D eigenvalue weighted by atomic mass is 10.1. The molecular formula is C15H18ClN3O2. The van der Waals surface area contributed by atoms with Crippen molar-refractivity contribution in [1.29, 1.82) is 0 Å². The van der Waals surface area contributed by atoms with E-state index in [1.165, 1.54) is 0 Å². The van der Waals surface area contributed by atoms with Gasteiger partial charge >= 0.3 is 0 Å². The number of hydrogen-bond acceptors (Lipinski definition) is 3. The Morgan fingerprint density at radius 1 is 1.33 bits per heavy atom. The van der Waals surface area contributed by atoms with Crippen molar-refractivity contribution in [2.45, 2.75) is 12.5 Å². The number of halogens is 1. The van der Waals surface area contributed by atoms with Crippen LogP contribution in [0.3, 0.4) is 0 Å². The number of rotatable bonds is 2. The molecule has 0 saturated carbocycles. The molecule has 5 nitrogen and oxygen atoms in total. The third-order valence-electron chi connectivity index (χ3n) is 3.89. The molecule has 2 N–H and O–H groups in total. The molecule has 0 spiro atoms. The number of hydrogen-bond donors (Lipinski definition) is 2. The van der Waals surface area contributed by atoms with E-state index in [9.17, 15) is 9.59 Å². The van der Waals surface area contributed by atoms with Gasteiger partial charge in [0.25, 0.3) is 11.5 Å². The van der Waals surface area contributed by atoms with Crippen molar-refractivity contribution < 1.29 is 4.79 Å². The standard InChI is InChI=1S/C15H17N3O2.ClH/c1-18(11-6-7-16-9-11)15(20)12-8-10-4-2-3-5-13(10)17-14(12)19;/h2-5,8,11,16H,6-7,9H2,1H3,(H,17,19);1H. The van der Waals surface area contributed by atoms with Crippen LogP contribution in [-0.4, -0.2) is 42.0 Å². The smallest absolute Gasteiger partial charge is 0.261 e. The van der Waals surface area contributed by atoms with Gasteiger partial charge < -0.3 is 15.2 Å². The van der Waals surface area contributed by atoms with Gasteiger partial charge in [-0.3, -0.25) is 9.59 Å². The van der Waals surface area contributed by atoms with Crippen molar-refractivity contribution >= 4 is 29.2 Å². The minimum absolute atomic E-state index is 0. The topological polar surface area (TPSA) is 65.2 Å². The maximum Gasteiger partial charge on any atom is 0.261 e. The van der Waals surface area contributed by atoms with Crippen LogP contribution >= 0.6 is 12.4 Å². The highest BCUT2D eigenvalue weighted by molar-refractivity contribution is 5.97. The molecule has 1 unspecified atom stereocenters.